The third kappa shape index (κ3) is 4.13. The molecule has 0 bridgehead atoms. The minimum absolute atomic E-state index is 0.0623. The van der Waals surface area contributed by atoms with E-state index in [0.29, 0.717) is 17.5 Å². The van der Waals surface area contributed by atoms with Crippen molar-refractivity contribution >= 4 is 9.84 Å². The van der Waals surface area contributed by atoms with Gasteiger partial charge in [-0.2, -0.15) is 18.3 Å². The van der Waals surface area contributed by atoms with Crippen molar-refractivity contribution in [2.45, 2.75) is 61.0 Å². The molecule has 1 fully saturated rings. The summed E-state index contributed by atoms with van der Waals surface area (Å²) in [7, 11) is -4.07. The van der Waals surface area contributed by atoms with E-state index in [-0.39, 0.29) is 31.0 Å². The third-order valence-corrected chi connectivity index (χ3v) is 8.26. The monoisotopic (exact) mass is 446 g/mol. The predicted octanol–water partition coefficient (Wildman–Crippen LogP) is 3.78. The molecule has 1 aromatic carbocycles. The lowest BCUT2D eigenvalue weighted by atomic mass is 9.89. The molecule has 2 unspecified atom stereocenters. The van der Waals surface area contributed by atoms with Crippen LogP contribution in [0.2, 0.25) is 0 Å². The second-order valence-electron chi connectivity index (χ2n) is 8.54. The quantitative estimate of drug-likeness (QED) is 0.729. The van der Waals surface area contributed by atoms with Crippen LogP contribution in [-0.4, -0.2) is 41.7 Å². The van der Waals surface area contributed by atoms with Crippen molar-refractivity contribution in [3.63, 3.8) is 0 Å². The fraction of sp³-hybridized carbons (Fsp3) is 0.550. The number of benzene rings is 1. The van der Waals surface area contributed by atoms with E-state index < -0.39 is 37.8 Å². The first-order chi connectivity index (χ1) is 13.8. The van der Waals surface area contributed by atoms with Crippen LogP contribution in [0.4, 0.5) is 13.2 Å². The Kier molecular flexibility index (Phi) is 5.81. The fourth-order valence-electron chi connectivity index (χ4n) is 3.47. The fourth-order valence-corrected chi connectivity index (χ4v) is 5.30. The molecular weight excluding hydrogens is 421 g/mol. The number of nitrogens with one attached hydrogen (secondary N) is 1. The van der Waals surface area contributed by atoms with Crippen LogP contribution in [0.3, 0.4) is 0 Å². The summed E-state index contributed by atoms with van der Waals surface area (Å²) in [5.41, 5.74) is -0.412. The van der Waals surface area contributed by atoms with Crippen LogP contribution in [0.15, 0.2) is 35.2 Å². The Hall–Kier alpha value is -1.91. The molecule has 0 saturated carbocycles. The van der Waals surface area contributed by atoms with Crippen LogP contribution >= 0.6 is 0 Å². The first kappa shape index (κ1) is 22.8. The molecule has 166 valence electrons. The van der Waals surface area contributed by atoms with E-state index in [0.717, 1.165) is 12.1 Å². The standard InChI is InChI=1S/C20H25F3N2O4S/c1-18(2,12-26)17-10-15(24-25-17)16-11-19(3,7-8-29-16)30(27,28)14-6-4-5-13(9-14)20(21,22)23/h4-6,9-10,16,26H,7-8,11-12H2,1-3H3,(H,24,25). The molecule has 1 aliphatic heterocycles. The Morgan fingerprint density at radius 3 is 2.63 bits per heavy atom. The van der Waals surface area contributed by atoms with Gasteiger partial charge in [0.1, 0.15) is 6.10 Å². The van der Waals surface area contributed by atoms with Crippen molar-refractivity contribution in [1.29, 1.82) is 0 Å². The van der Waals surface area contributed by atoms with E-state index in [4.69, 9.17) is 4.74 Å². The Morgan fingerprint density at radius 2 is 2.00 bits per heavy atom. The molecule has 6 nitrogen and oxygen atoms in total. The van der Waals surface area contributed by atoms with Crippen molar-refractivity contribution in [3.8, 4) is 0 Å². The van der Waals surface area contributed by atoms with Gasteiger partial charge in [-0.05, 0) is 44.0 Å². The summed E-state index contributed by atoms with van der Waals surface area (Å²) in [6.07, 6.45) is -5.02. The van der Waals surface area contributed by atoms with Crippen molar-refractivity contribution in [1.82, 2.24) is 10.2 Å². The zero-order valence-corrected chi connectivity index (χ0v) is 17.8. The second-order valence-corrected chi connectivity index (χ2v) is 11.0. The number of hydrogen-bond donors (Lipinski definition) is 2. The number of H-pyrrole nitrogens is 1. The molecule has 0 aliphatic carbocycles. The molecule has 3 rings (SSSR count). The Bertz CT molecular complexity index is 1020. The molecule has 1 saturated heterocycles. The summed E-state index contributed by atoms with van der Waals surface area (Å²) in [6.45, 7) is 5.18. The number of hydrogen-bond acceptors (Lipinski definition) is 5. The molecule has 0 spiro atoms. The van der Waals surface area contributed by atoms with Gasteiger partial charge in [0.2, 0.25) is 0 Å². The maximum Gasteiger partial charge on any atom is 0.416 e. The highest BCUT2D eigenvalue weighted by atomic mass is 32.2. The molecule has 2 N–H and O–H groups in total. The maximum atomic E-state index is 13.3. The van der Waals surface area contributed by atoms with E-state index in [9.17, 15) is 26.7 Å². The van der Waals surface area contributed by atoms with Gasteiger partial charge in [-0.3, -0.25) is 5.10 Å². The van der Waals surface area contributed by atoms with Crippen molar-refractivity contribution in [3.05, 3.63) is 47.3 Å². The average molecular weight is 446 g/mol. The minimum atomic E-state index is -4.63. The van der Waals surface area contributed by atoms with Gasteiger partial charge in [0, 0.05) is 12.0 Å². The lowest BCUT2D eigenvalue weighted by Gasteiger charge is -2.37. The minimum Gasteiger partial charge on any atom is -0.395 e. The molecule has 1 aromatic heterocycles. The molecule has 2 aromatic rings. The maximum absolute atomic E-state index is 13.3. The highest BCUT2D eigenvalue weighted by Crippen LogP contribution is 2.42. The van der Waals surface area contributed by atoms with E-state index in [1.54, 1.807) is 6.07 Å². The van der Waals surface area contributed by atoms with Gasteiger partial charge in [-0.25, -0.2) is 8.42 Å². The topological polar surface area (TPSA) is 92.3 Å². The van der Waals surface area contributed by atoms with Crippen molar-refractivity contribution in [2.75, 3.05) is 13.2 Å². The first-order valence-corrected chi connectivity index (χ1v) is 11.0. The molecule has 10 heteroatoms. The summed E-state index contributed by atoms with van der Waals surface area (Å²) in [5, 5.41) is 16.6. The van der Waals surface area contributed by atoms with Crippen LogP contribution in [0.25, 0.3) is 0 Å². The molecule has 0 radical (unpaired) electrons. The largest absolute Gasteiger partial charge is 0.416 e. The normalized spacial score (nSPS) is 23.5. The number of alkyl halides is 3. The van der Waals surface area contributed by atoms with E-state index in [1.807, 2.05) is 13.8 Å². The lowest BCUT2D eigenvalue weighted by molar-refractivity contribution is -0.137. The van der Waals surface area contributed by atoms with Gasteiger partial charge < -0.3 is 9.84 Å². The Labute approximate surface area is 173 Å². The molecular formula is C20H25F3N2O4S. The van der Waals surface area contributed by atoms with Gasteiger partial charge in [-0.15, -0.1) is 0 Å². The summed E-state index contributed by atoms with van der Waals surface area (Å²) < 4.78 is 70.2. The molecule has 30 heavy (non-hydrogen) atoms. The number of aromatic amines is 1. The van der Waals surface area contributed by atoms with E-state index in [2.05, 4.69) is 10.2 Å². The van der Waals surface area contributed by atoms with Crippen LogP contribution in [-0.2, 0) is 26.2 Å². The van der Waals surface area contributed by atoms with Crippen LogP contribution < -0.4 is 0 Å². The molecule has 1 aliphatic rings. The number of rotatable bonds is 5. The number of ether oxygens (including phenoxy) is 1. The lowest BCUT2D eigenvalue weighted by Crippen LogP contribution is -2.42. The Balaban J connectivity index is 1.91. The molecule has 0 amide bonds. The summed E-state index contributed by atoms with van der Waals surface area (Å²) in [5.74, 6) is 0. The summed E-state index contributed by atoms with van der Waals surface area (Å²) >= 11 is 0. The highest BCUT2D eigenvalue weighted by Gasteiger charge is 2.46. The number of aliphatic hydroxyl groups is 1. The predicted molar refractivity (Wildman–Crippen MR) is 104 cm³/mol. The first-order valence-electron chi connectivity index (χ1n) is 9.50. The van der Waals surface area contributed by atoms with Gasteiger partial charge in [-0.1, -0.05) is 19.9 Å². The zero-order valence-electron chi connectivity index (χ0n) is 17.0. The van der Waals surface area contributed by atoms with E-state index in [1.165, 1.54) is 13.0 Å². The number of aromatic nitrogens is 2. The summed E-state index contributed by atoms with van der Waals surface area (Å²) in [4.78, 5) is -0.354. The van der Waals surface area contributed by atoms with E-state index >= 15 is 0 Å². The van der Waals surface area contributed by atoms with Crippen molar-refractivity contribution < 1.29 is 31.4 Å². The summed E-state index contributed by atoms with van der Waals surface area (Å²) in [6, 6.07) is 5.56. The van der Waals surface area contributed by atoms with Gasteiger partial charge in [0.25, 0.3) is 0 Å². The van der Waals surface area contributed by atoms with Crippen LogP contribution in [0.1, 0.15) is 56.7 Å². The van der Waals surface area contributed by atoms with Crippen LogP contribution in [0, 0.1) is 0 Å². The number of halogens is 3. The third-order valence-electron chi connectivity index (χ3n) is 5.72. The molecule has 2 heterocycles. The number of aliphatic hydroxyl groups excluding tert-OH is 1. The van der Waals surface area contributed by atoms with Crippen molar-refractivity contribution in [2.24, 2.45) is 0 Å². The smallest absolute Gasteiger partial charge is 0.395 e. The van der Waals surface area contributed by atoms with Gasteiger partial charge in [0.15, 0.2) is 9.84 Å². The number of sulfone groups is 1. The average Bonchev–Trinajstić information content (AvgIpc) is 3.18. The highest BCUT2D eigenvalue weighted by molar-refractivity contribution is 7.92. The van der Waals surface area contributed by atoms with Gasteiger partial charge in [0.05, 0.1) is 33.2 Å². The zero-order chi connectivity index (χ0) is 22.4. The molecule has 2 atom stereocenters. The van der Waals surface area contributed by atoms with Crippen LogP contribution in [0.5, 0.6) is 0 Å². The van der Waals surface area contributed by atoms with Gasteiger partial charge >= 0.3 is 6.18 Å². The SMILES string of the molecule is CC(C)(CO)c1cc(C2CC(C)(S(=O)(=O)c3cccc(C(F)(F)F)c3)CCO2)[nH]n1. The second kappa shape index (κ2) is 7.65. The number of nitrogens with zero attached hydrogens (tertiary/aromatic N) is 1. The Morgan fingerprint density at radius 1 is 1.30 bits per heavy atom.